The summed E-state index contributed by atoms with van der Waals surface area (Å²) in [5.41, 5.74) is 3.09. The van der Waals surface area contributed by atoms with E-state index in [1.165, 1.54) is 10.9 Å². The van der Waals surface area contributed by atoms with Crippen molar-refractivity contribution in [2.75, 3.05) is 13.2 Å². The molecular weight excluding hydrogens is 304 g/mol. The number of nitrogens with zero attached hydrogens (tertiary/aromatic N) is 2. The summed E-state index contributed by atoms with van der Waals surface area (Å²) in [6.07, 6.45) is 1.94. The third-order valence-electron chi connectivity index (χ3n) is 4.51. The molecule has 2 unspecified atom stereocenters. The fraction of sp³-hybridized carbons (Fsp3) is 0.333. The number of aryl methyl sites for hydroxylation is 1. The van der Waals surface area contributed by atoms with E-state index in [0.717, 1.165) is 17.8 Å². The SMILES string of the molecule is Cc1ccc(=O)n(C2COCC2NCc2ccc3[nH]ccc3c2)n1. The molecule has 1 fully saturated rings. The Morgan fingerprint density at radius 1 is 1.29 bits per heavy atom. The van der Waals surface area contributed by atoms with Gasteiger partial charge in [-0.3, -0.25) is 4.79 Å². The highest BCUT2D eigenvalue weighted by molar-refractivity contribution is 5.79. The number of aromatic nitrogens is 3. The molecule has 3 aromatic rings. The van der Waals surface area contributed by atoms with Crippen molar-refractivity contribution in [1.82, 2.24) is 20.1 Å². The van der Waals surface area contributed by atoms with Crippen LogP contribution in [-0.2, 0) is 11.3 Å². The lowest BCUT2D eigenvalue weighted by Crippen LogP contribution is -2.41. The molecule has 6 heteroatoms. The summed E-state index contributed by atoms with van der Waals surface area (Å²) in [7, 11) is 0. The van der Waals surface area contributed by atoms with Crippen molar-refractivity contribution in [3.8, 4) is 0 Å². The van der Waals surface area contributed by atoms with Gasteiger partial charge in [0.05, 0.1) is 31.0 Å². The third kappa shape index (κ3) is 2.86. The molecule has 1 saturated heterocycles. The van der Waals surface area contributed by atoms with Crippen LogP contribution in [0.3, 0.4) is 0 Å². The van der Waals surface area contributed by atoms with E-state index < -0.39 is 0 Å². The second-order valence-corrected chi connectivity index (χ2v) is 6.25. The maximum absolute atomic E-state index is 12.1. The molecule has 2 aromatic heterocycles. The molecule has 0 bridgehead atoms. The Morgan fingerprint density at radius 3 is 3.12 bits per heavy atom. The van der Waals surface area contributed by atoms with Crippen LogP contribution in [0.5, 0.6) is 0 Å². The van der Waals surface area contributed by atoms with Gasteiger partial charge < -0.3 is 15.0 Å². The molecule has 2 N–H and O–H groups in total. The van der Waals surface area contributed by atoms with Crippen LogP contribution in [-0.4, -0.2) is 34.0 Å². The summed E-state index contributed by atoms with van der Waals surface area (Å²) in [5.74, 6) is 0. The topological polar surface area (TPSA) is 71.9 Å². The van der Waals surface area contributed by atoms with Crippen LogP contribution in [0.4, 0.5) is 0 Å². The molecule has 24 heavy (non-hydrogen) atoms. The third-order valence-corrected chi connectivity index (χ3v) is 4.51. The number of nitrogens with one attached hydrogen (secondary N) is 2. The van der Waals surface area contributed by atoms with Gasteiger partial charge in [-0.15, -0.1) is 0 Å². The van der Waals surface area contributed by atoms with E-state index in [1.54, 1.807) is 16.8 Å². The van der Waals surface area contributed by atoms with Crippen LogP contribution in [0.15, 0.2) is 47.4 Å². The predicted molar refractivity (Wildman–Crippen MR) is 92.0 cm³/mol. The van der Waals surface area contributed by atoms with E-state index in [0.29, 0.717) is 13.2 Å². The average Bonchev–Trinajstić information content (AvgIpc) is 3.23. The maximum Gasteiger partial charge on any atom is 0.267 e. The Morgan fingerprint density at radius 2 is 2.21 bits per heavy atom. The highest BCUT2D eigenvalue weighted by Gasteiger charge is 2.30. The number of hydrogen-bond donors (Lipinski definition) is 2. The van der Waals surface area contributed by atoms with E-state index in [-0.39, 0.29) is 17.6 Å². The molecule has 1 aliphatic heterocycles. The molecule has 4 rings (SSSR count). The maximum atomic E-state index is 12.1. The molecule has 1 aromatic carbocycles. The number of rotatable bonds is 4. The van der Waals surface area contributed by atoms with Gasteiger partial charge in [0, 0.05) is 24.3 Å². The van der Waals surface area contributed by atoms with E-state index >= 15 is 0 Å². The minimum absolute atomic E-state index is 0.0684. The van der Waals surface area contributed by atoms with Gasteiger partial charge in [0.25, 0.3) is 5.56 Å². The number of benzene rings is 1. The van der Waals surface area contributed by atoms with Crippen LogP contribution in [0, 0.1) is 6.92 Å². The second kappa shape index (κ2) is 6.22. The van der Waals surface area contributed by atoms with Gasteiger partial charge in [-0.25, -0.2) is 4.68 Å². The first-order valence-electron chi connectivity index (χ1n) is 8.14. The molecular formula is C18H20N4O2. The van der Waals surface area contributed by atoms with Crippen molar-refractivity contribution in [2.24, 2.45) is 0 Å². The first kappa shape index (κ1) is 15.1. The Kier molecular flexibility index (Phi) is 3.92. The monoisotopic (exact) mass is 324 g/mol. The zero-order valence-corrected chi connectivity index (χ0v) is 13.5. The Labute approximate surface area is 139 Å². The molecule has 0 radical (unpaired) electrons. The normalized spacial score (nSPS) is 20.7. The Balaban J connectivity index is 1.50. The fourth-order valence-corrected chi connectivity index (χ4v) is 3.20. The van der Waals surface area contributed by atoms with Gasteiger partial charge in [-0.05, 0) is 42.1 Å². The number of hydrogen-bond acceptors (Lipinski definition) is 4. The molecule has 3 heterocycles. The van der Waals surface area contributed by atoms with Crippen molar-refractivity contribution in [3.63, 3.8) is 0 Å². The minimum Gasteiger partial charge on any atom is -0.377 e. The highest BCUT2D eigenvalue weighted by Crippen LogP contribution is 2.19. The predicted octanol–water partition coefficient (Wildman–Crippen LogP) is 1.76. The summed E-state index contributed by atoms with van der Waals surface area (Å²) < 4.78 is 7.15. The molecule has 124 valence electrons. The van der Waals surface area contributed by atoms with Crippen LogP contribution >= 0.6 is 0 Å². The van der Waals surface area contributed by atoms with Gasteiger partial charge in [0.15, 0.2) is 0 Å². The first-order valence-corrected chi connectivity index (χ1v) is 8.14. The summed E-state index contributed by atoms with van der Waals surface area (Å²) in [5, 5.41) is 9.09. The van der Waals surface area contributed by atoms with E-state index in [1.807, 2.05) is 13.1 Å². The van der Waals surface area contributed by atoms with Crippen LogP contribution in [0.1, 0.15) is 17.3 Å². The summed E-state index contributed by atoms with van der Waals surface area (Å²) >= 11 is 0. The number of aromatic amines is 1. The van der Waals surface area contributed by atoms with Gasteiger partial charge in [0.1, 0.15) is 0 Å². The average molecular weight is 324 g/mol. The fourth-order valence-electron chi connectivity index (χ4n) is 3.20. The van der Waals surface area contributed by atoms with Crippen molar-refractivity contribution >= 4 is 10.9 Å². The molecule has 6 nitrogen and oxygen atoms in total. The second-order valence-electron chi connectivity index (χ2n) is 6.25. The van der Waals surface area contributed by atoms with Crippen LogP contribution in [0.2, 0.25) is 0 Å². The van der Waals surface area contributed by atoms with Crippen molar-refractivity contribution in [3.05, 3.63) is 64.2 Å². The van der Waals surface area contributed by atoms with Crippen molar-refractivity contribution in [1.29, 1.82) is 0 Å². The lowest BCUT2D eigenvalue weighted by atomic mass is 10.1. The highest BCUT2D eigenvalue weighted by atomic mass is 16.5. The first-order chi connectivity index (χ1) is 11.7. The number of ether oxygens (including phenoxy) is 1. The number of H-pyrrole nitrogens is 1. The Bertz CT molecular complexity index is 915. The molecule has 0 amide bonds. The number of fused-ring (bicyclic) bond motifs is 1. The lowest BCUT2D eigenvalue weighted by molar-refractivity contribution is 0.180. The zero-order valence-electron chi connectivity index (χ0n) is 13.5. The summed E-state index contributed by atoms with van der Waals surface area (Å²) in [6.45, 7) is 3.70. The van der Waals surface area contributed by atoms with Gasteiger partial charge in [0.2, 0.25) is 0 Å². The van der Waals surface area contributed by atoms with Crippen LogP contribution in [0.25, 0.3) is 10.9 Å². The molecule has 0 saturated carbocycles. The van der Waals surface area contributed by atoms with Gasteiger partial charge >= 0.3 is 0 Å². The Hall–Kier alpha value is -2.44. The largest absolute Gasteiger partial charge is 0.377 e. The molecule has 0 aliphatic carbocycles. The molecule has 1 aliphatic rings. The molecule has 0 spiro atoms. The summed E-state index contributed by atoms with van der Waals surface area (Å²) in [6, 6.07) is 11.7. The zero-order chi connectivity index (χ0) is 16.5. The minimum atomic E-state index is -0.0864. The van der Waals surface area contributed by atoms with E-state index in [9.17, 15) is 4.79 Å². The summed E-state index contributed by atoms with van der Waals surface area (Å²) in [4.78, 5) is 15.3. The van der Waals surface area contributed by atoms with Gasteiger partial charge in [-0.1, -0.05) is 6.07 Å². The smallest absolute Gasteiger partial charge is 0.267 e. The van der Waals surface area contributed by atoms with E-state index in [4.69, 9.17) is 4.74 Å². The lowest BCUT2D eigenvalue weighted by Gasteiger charge is -2.20. The van der Waals surface area contributed by atoms with E-state index in [2.05, 4.69) is 39.7 Å². The standard InChI is InChI=1S/C18H20N4O2/c1-12-2-5-18(23)22(21-12)17-11-24-10-16(17)20-9-13-3-4-15-14(8-13)6-7-19-15/h2-8,16-17,19-20H,9-11H2,1H3. The van der Waals surface area contributed by atoms with Crippen molar-refractivity contribution < 1.29 is 4.74 Å². The van der Waals surface area contributed by atoms with Gasteiger partial charge in [-0.2, -0.15) is 5.10 Å². The van der Waals surface area contributed by atoms with Crippen molar-refractivity contribution in [2.45, 2.75) is 25.6 Å². The quantitative estimate of drug-likeness (QED) is 0.767. The van der Waals surface area contributed by atoms with Crippen LogP contribution < -0.4 is 10.9 Å². The molecule has 2 atom stereocenters.